The maximum atomic E-state index is 10.2. The van der Waals surface area contributed by atoms with Gasteiger partial charge in [-0.15, -0.1) is 35.3 Å². The van der Waals surface area contributed by atoms with Crippen molar-refractivity contribution >= 4 is 52.9 Å². The Morgan fingerprint density at radius 1 is 1.42 bits per heavy atom. The Bertz CT molecular complexity index is 506. The first kappa shape index (κ1) is 22.0. The number of piperidine rings is 1. The number of hydrogen-bond acceptors (Lipinski definition) is 4. The van der Waals surface area contributed by atoms with Gasteiger partial charge in [0, 0.05) is 18.0 Å². The van der Waals surface area contributed by atoms with Gasteiger partial charge < -0.3 is 20.6 Å². The molecule has 5 nitrogen and oxygen atoms in total. The first-order valence-electron chi connectivity index (χ1n) is 8.22. The summed E-state index contributed by atoms with van der Waals surface area (Å²) in [5, 5.41) is 16.8. The molecule has 138 valence electrons. The third kappa shape index (κ3) is 7.43. The summed E-state index contributed by atoms with van der Waals surface area (Å²) in [6, 6.07) is 3.66. The van der Waals surface area contributed by atoms with Crippen LogP contribution in [0.1, 0.15) is 30.7 Å². The summed E-state index contributed by atoms with van der Waals surface area (Å²) in [6.07, 6.45) is 1.84. The lowest BCUT2D eigenvalue weighted by atomic mass is 9.97. The van der Waals surface area contributed by atoms with Crippen LogP contribution in [0.3, 0.4) is 0 Å². The zero-order valence-corrected chi connectivity index (χ0v) is 18.2. The summed E-state index contributed by atoms with van der Waals surface area (Å²) in [7, 11) is 2.17. The smallest absolute Gasteiger partial charge is 0.191 e. The van der Waals surface area contributed by atoms with E-state index in [1.807, 2.05) is 13.0 Å². The van der Waals surface area contributed by atoms with Gasteiger partial charge in [-0.2, -0.15) is 0 Å². The Morgan fingerprint density at radius 3 is 2.71 bits per heavy atom. The van der Waals surface area contributed by atoms with Crippen molar-refractivity contribution in [3.05, 3.63) is 21.3 Å². The summed E-state index contributed by atoms with van der Waals surface area (Å²) in [5.74, 6) is 1.46. The summed E-state index contributed by atoms with van der Waals surface area (Å²) in [6.45, 7) is 6.44. The van der Waals surface area contributed by atoms with Crippen LogP contribution < -0.4 is 10.6 Å². The van der Waals surface area contributed by atoms with Crippen LogP contribution in [0.5, 0.6) is 0 Å². The monoisotopic (exact) mass is 486 g/mol. The molecule has 24 heavy (non-hydrogen) atoms. The molecule has 0 amide bonds. The molecule has 1 unspecified atom stereocenters. The van der Waals surface area contributed by atoms with Gasteiger partial charge >= 0.3 is 0 Å². The molecule has 1 aromatic heterocycles. The third-order valence-corrected chi connectivity index (χ3v) is 5.42. The molecular formula is C16H28ClIN4OS. The lowest BCUT2D eigenvalue weighted by molar-refractivity contribution is 0.191. The Morgan fingerprint density at radius 2 is 2.12 bits per heavy atom. The number of aliphatic hydroxyl groups excluding tert-OH is 1. The highest BCUT2D eigenvalue weighted by atomic mass is 127. The van der Waals surface area contributed by atoms with Crippen molar-refractivity contribution < 1.29 is 5.11 Å². The van der Waals surface area contributed by atoms with E-state index >= 15 is 0 Å². The summed E-state index contributed by atoms with van der Waals surface area (Å²) >= 11 is 7.30. The minimum atomic E-state index is -0.605. The van der Waals surface area contributed by atoms with E-state index in [2.05, 4.69) is 27.6 Å². The van der Waals surface area contributed by atoms with Crippen molar-refractivity contribution in [1.29, 1.82) is 0 Å². The van der Waals surface area contributed by atoms with E-state index < -0.39 is 6.10 Å². The molecule has 1 fully saturated rings. The SMILES string of the molecule is CCNC(=NCC(O)c1ccc(Cl)s1)NCC1CCN(C)CC1.I. The molecule has 0 radical (unpaired) electrons. The molecule has 1 aliphatic heterocycles. The largest absolute Gasteiger partial charge is 0.386 e. The molecule has 0 bridgehead atoms. The lowest BCUT2D eigenvalue weighted by Gasteiger charge is -2.29. The first-order chi connectivity index (χ1) is 11.1. The molecule has 1 atom stereocenters. The minimum Gasteiger partial charge on any atom is -0.386 e. The molecule has 0 spiro atoms. The van der Waals surface area contributed by atoms with E-state index in [1.165, 1.54) is 24.2 Å². The molecule has 0 saturated carbocycles. The molecule has 2 rings (SSSR count). The predicted molar refractivity (Wildman–Crippen MR) is 114 cm³/mol. The summed E-state index contributed by atoms with van der Waals surface area (Å²) < 4.78 is 0.690. The van der Waals surface area contributed by atoms with Gasteiger partial charge in [-0.3, -0.25) is 4.99 Å². The number of hydrogen-bond donors (Lipinski definition) is 3. The van der Waals surface area contributed by atoms with Crippen LogP contribution in [0, 0.1) is 5.92 Å². The first-order valence-corrected chi connectivity index (χ1v) is 9.42. The highest BCUT2D eigenvalue weighted by Crippen LogP contribution is 2.26. The van der Waals surface area contributed by atoms with E-state index in [1.54, 1.807) is 6.07 Å². The van der Waals surface area contributed by atoms with Gasteiger partial charge in [-0.1, -0.05) is 11.6 Å². The van der Waals surface area contributed by atoms with Crippen molar-refractivity contribution in [2.24, 2.45) is 10.9 Å². The Balaban J connectivity index is 0.00000288. The second-order valence-electron chi connectivity index (χ2n) is 6.00. The molecule has 0 aliphatic carbocycles. The van der Waals surface area contributed by atoms with Crippen molar-refractivity contribution in [3.63, 3.8) is 0 Å². The molecule has 1 aromatic rings. The van der Waals surface area contributed by atoms with Crippen LogP contribution in [0.2, 0.25) is 4.34 Å². The van der Waals surface area contributed by atoms with E-state index in [9.17, 15) is 5.11 Å². The molecular weight excluding hydrogens is 459 g/mol. The van der Waals surface area contributed by atoms with Gasteiger partial charge in [0.15, 0.2) is 5.96 Å². The van der Waals surface area contributed by atoms with Crippen molar-refractivity contribution in [2.75, 3.05) is 39.8 Å². The molecule has 1 aliphatic rings. The topological polar surface area (TPSA) is 59.9 Å². The van der Waals surface area contributed by atoms with E-state index in [0.29, 0.717) is 16.8 Å². The standard InChI is InChI=1S/C16H27ClN4OS.HI/c1-3-18-16(19-10-12-6-8-21(2)9-7-12)20-11-13(22)14-4-5-15(17)23-14;/h4-5,12-13,22H,3,6-11H2,1-2H3,(H2,18,19,20);1H. The van der Waals surface area contributed by atoms with Crippen LogP contribution >= 0.6 is 46.9 Å². The van der Waals surface area contributed by atoms with Crippen LogP contribution in [-0.2, 0) is 0 Å². The maximum absolute atomic E-state index is 10.2. The van der Waals surface area contributed by atoms with Crippen molar-refractivity contribution in [2.45, 2.75) is 25.9 Å². The Hall–Kier alpha value is -0.0900. The maximum Gasteiger partial charge on any atom is 0.191 e. The number of guanidine groups is 1. The van der Waals surface area contributed by atoms with Crippen LogP contribution in [-0.4, -0.2) is 55.7 Å². The number of nitrogens with one attached hydrogen (secondary N) is 2. The minimum absolute atomic E-state index is 0. The average Bonchev–Trinajstić information content (AvgIpc) is 2.98. The number of aliphatic imine (C=N–C) groups is 1. The zero-order chi connectivity index (χ0) is 16.7. The van der Waals surface area contributed by atoms with Gasteiger partial charge in [0.05, 0.1) is 10.9 Å². The van der Waals surface area contributed by atoms with Crippen molar-refractivity contribution in [1.82, 2.24) is 15.5 Å². The van der Waals surface area contributed by atoms with Gasteiger partial charge in [0.25, 0.3) is 0 Å². The lowest BCUT2D eigenvalue weighted by Crippen LogP contribution is -2.42. The molecule has 2 heterocycles. The fraction of sp³-hybridized carbons (Fsp3) is 0.688. The number of halogens is 2. The second-order valence-corrected chi connectivity index (χ2v) is 7.75. The van der Waals surface area contributed by atoms with Gasteiger partial charge in [-0.25, -0.2) is 0 Å². The Labute approximate surface area is 170 Å². The summed E-state index contributed by atoms with van der Waals surface area (Å²) in [4.78, 5) is 7.72. The normalized spacial score (nSPS) is 18.1. The number of nitrogens with zero attached hydrogens (tertiary/aromatic N) is 2. The number of rotatable bonds is 6. The summed E-state index contributed by atoms with van der Waals surface area (Å²) in [5.41, 5.74) is 0. The van der Waals surface area contributed by atoms with E-state index in [0.717, 1.165) is 37.0 Å². The number of aliphatic hydroxyl groups is 1. The molecule has 3 N–H and O–H groups in total. The van der Waals surface area contributed by atoms with Crippen LogP contribution in [0.25, 0.3) is 0 Å². The van der Waals surface area contributed by atoms with Crippen LogP contribution in [0.15, 0.2) is 17.1 Å². The molecule has 8 heteroatoms. The molecule has 0 aromatic carbocycles. The van der Waals surface area contributed by atoms with Crippen LogP contribution in [0.4, 0.5) is 0 Å². The predicted octanol–water partition coefficient (Wildman–Crippen LogP) is 2.95. The number of thiophene rings is 1. The highest BCUT2D eigenvalue weighted by molar-refractivity contribution is 14.0. The molecule has 1 saturated heterocycles. The quantitative estimate of drug-likeness (QED) is 0.329. The third-order valence-electron chi connectivity index (χ3n) is 4.09. The second kappa shape index (κ2) is 11.5. The average molecular weight is 487 g/mol. The van der Waals surface area contributed by atoms with E-state index in [4.69, 9.17) is 11.6 Å². The fourth-order valence-corrected chi connectivity index (χ4v) is 3.66. The van der Waals surface area contributed by atoms with Gasteiger partial charge in [-0.05, 0) is 58.0 Å². The highest BCUT2D eigenvalue weighted by Gasteiger charge is 2.17. The van der Waals surface area contributed by atoms with Gasteiger partial charge in [0.1, 0.15) is 6.10 Å². The fourth-order valence-electron chi connectivity index (χ4n) is 2.62. The van der Waals surface area contributed by atoms with E-state index in [-0.39, 0.29) is 24.0 Å². The van der Waals surface area contributed by atoms with Gasteiger partial charge in [0.2, 0.25) is 0 Å². The van der Waals surface area contributed by atoms with Crippen molar-refractivity contribution in [3.8, 4) is 0 Å². The Kier molecular flexibility index (Phi) is 10.5. The zero-order valence-electron chi connectivity index (χ0n) is 14.3. The number of likely N-dealkylation sites (tertiary alicyclic amines) is 1.